The van der Waals surface area contributed by atoms with E-state index in [1.165, 1.54) is 4.90 Å². The van der Waals surface area contributed by atoms with Crippen molar-refractivity contribution in [2.45, 2.75) is 127 Å². The number of amides is 4. The van der Waals surface area contributed by atoms with Crippen LogP contribution in [0.3, 0.4) is 0 Å². The summed E-state index contributed by atoms with van der Waals surface area (Å²) < 4.78 is 51.0. The lowest BCUT2D eigenvalue weighted by Gasteiger charge is -2.33. The highest BCUT2D eigenvalue weighted by molar-refractivity contribution is 7.91. The highest BCUT2D eigenvalue weighted by atomic mass is 32.2. The number of rotatable bonds is 9. The maximum absolute atomic E-state index is 14.9. The minimum atomic E-state index is -4.01. The molecule has 0 spiro atoms. The van der Waals surface area contributed by atoms with Gasteiger partial charge < -0.3 is 34.5 Å². The Balaban J connectivity index is 1.37. The van der Waals surface area contributed by atoms with E-state index in [4.69, 9.17) is 18.9 Å². The third-order valence-electron chi connectivity index (χ3n) is 11.5. The van der Waals surface area contributed by atoms with Gasteiger partial charge in [0.25, 0.3) is 5.91 Å². The van der Waals surface area contributed by atoms with Gasteiger partial charge in [-0.05, 0) is 109 Å². The zero-order valence-corrected chi connectivity index (χ0v) is 35.0. The molecule has 7 atom stereocenters. The van der Waals surface area contributed by atoms with Crippen molar-refractivity contribution in [1.29, 1.82) is 0 Å². The van der Waals surface area contributed by atoms with E-state index in [2.05, 4.69) is 27.3 Å². The molecule has 0 unspecified atom stereocenters. The Morgan fingerprint density at radius 3 is 2.51 bits per heavy atom. The molecule has 1 aromatic carbocycles. The zero-order chi connectivity index (χ0) is 41.5. The number of allylic oxidation sites excluding steroid dienone is 1. The fourth-order valence-corrected chi connectivity index (χ4v) is 9.12. The maximum atomic E-state index is 14.9. The van der Waals surface area contributed by atoms with Gasteiger partial charge in [-0.15, -0.1) is 0 Å². The Hall–Kier alpha value is -4.60. The Morgan fingerprint density at radius 2 is 1.84 bits per heavy atom. The average molecular weight is 812 g/mol. The Bertz CT molecular complexity index is 2030. The van der Waals surface area contributed by atoms with E-state index in [9.17, 15) is 27.6 Å². The molecule has 4 aliphatic rings. The predicted molar refractivity (Wildman–Crippen MR) is 212 cm³/mol. The van der Waals surface area contributed by atoms with Crippen LogP contribution < -0.4 is 29.6 Å². The number of nitrogens with one attached hydrogen (secondary N) is 3. The standard InChI is InChI=1S/C41H57N5O10S/c1-9-54-32-20-26-19-28(53-8)14-15-30(26)35(42-32)55-29-21-31-34(47)44-41(37(49)45-57(51,52)40(7)16-17-40)22-27(41)13-11-10-12-24(2)18-25(3)33(36(48)46(31)23-29)43-38(50)56-39(4,5)6/h11,13-15,19-20,24-25,27,29,31,33H,9-10,12,16-18,21-23H2,1-8H3,(H,43,50)(H,44,47)(H,45,49)/b13-11-/t24-,25+,27+,29+,31-,33-,41+/m0/s1. The summed E-state index contributed by atoms with van der Waals surface area (Å²) in [4.78, 5) is 62.7. The first-order valence-electron chi connectivity index (χ1n) is 19.9. The van der Waals surface area contributed by atoms with Gasteiger partial charge in [-0.3, -0.25) is 19.1 Å². The molecule has 0 radical (unpaired) electrons. The van der Waals surface area contributed by atoms with Gasteiger partial charge in [0.2, 0.25) is 33.6 Å². The Kier molecular flexibility index (Phi) is 11.8. The summed E-state index contributed by atoms with van der Waals surface area (Å²) in [5.74, 6) is -1.49. The van der Waals surface area contributed by atoms with Crippen LogP contribution in [-0.2, 0) is 29.1 Å². The van der Waals surface area contributed by atoms with Gasteiger partial charge in [0.15, 0.2) is 0 Å². The molecule has 3 heterocycles. The molecule has 16 heteroatoms. The number of hydrogen-bond acceptors (Lipinski definition) is 11. The summed E-state index contributed by atoms with van der Waals surface area (Å²) in [5, 5.41) is 7.11. The molecule has 4 amide bonds. The molecule has 0 bridgehead atoms. The van der Waals surface area contributed by atoms with Crippen LogP contribution in [-0.4, -0.2) is 96.5 Å². The number of alkyl carbamates (subject to hydrolysis) is 1. The number of benzene rings is 1. The van der Waals surface area contributed by atoms with Gasteiger partial charge >= 0.3 is 6.09 Å². The van der Waals surface area contributed by atoms with Crippen LogP contribution >= 0.6 is 0 Å². The number of methoxy groups -OCH3 is 1. The number of nitrogens with zero attached hydrogens (tertiary/aromatic N) is 2. The quantitative estimate of drug-likeness (QED) is 0.296. The molecular formula is C41H57N5O10S. The minimum absolute atomic E-state index is 0.00821. The van der Waals surface area contributed by atoms with E-state index in [1.54, 1.807) is 53.0 Å². The summed E-state index contributed by atoms with van der Waals surface area (Å²) in [7, 11) is -2.45. The lowest BCUT2D eigenvalue weighted by Crippen LogP contribution is -2.59. The van der Waals surface area contributed by atoms with Gasteiger partial charge in [0.05, 0.1) is 25.0 Å². The fourth-order valence-electron chi connectivity index (χ4n) is 7.81. The average Bonchev–Trinajstić information content (AvgIpc) is 4.01. The Labute approximate surface area is 335 Å². The highest BCUT2D eigenvalue weighted by Gasteiger charge is 2.63. The van der Waals surface area contributed by atoms with Crippen molar-refractivity contribution in [2.24, 2.45) is 17.8 Å². The zero-order valence-electron chi connectivity index (χ0n) is 34.2. The van der Waals surface area contributed by atoms with Gasteiger partial charge in [-0.2, -0.15) is 4.98 Å². The van der Waals surface area contributed by atoms with Gasteiger partial charge in [-0.1, -0.05) is 26.0 Å². The van der Waals surface area contributed by atoms with Crippen LogP contribution in [0.2, 0.25) is 0 Å². The number of ether oxygens (including phenoxy) is 4. The molecule has 3 N–H and O–H groups in total. The Morgan fingerprint density at radius 1 is 1.11 bits per heavy atom. The first kappa shape index (κ1) is 42.0. The second-order valence-electron chi connectivity index (χ2n) is 17.4. The van der Waals surface area contributed by atoms with Crippen molar-refractivity contribution in [2.75, 3.05) is 20.3 Å². The van der Waals surface area contributed by atoms with Crippen molar-refractivity contribution in [3.05, 3.63) is 36.4 Å². The molecular weight excluding hydrogens is 755 g/mol. The molecule has 57 heavy (non-hydrogen) atoms. The van der Waals surface area contributed by atoms with Gasteiger partial charge in [0.1, 0.15) is 35.1 Å². The second-order valence-corrected chi connectivity index (χ2v) is 19.6. The third-order valence-corrected chi connectivity index (χ3v) is 13.6. The maximum Gasteiger partial charge on any atom is 0.408 e. The number of carbonyl (C=O) groups excluding carboxylic acids is 4. The van der Waals surface area contributed by atoms with E-state index in [-0.39, 0.29) is 37.1 Å². The van der Waals surface area contributed by atoms with Crippen molar-refractivity contribution in [3.8, 4) is 17.5 Å². The van der Waals surface area contributed by atoms with Crippen molar-refractivity contribution in [3.63, 3.8) is 0 Å². The molecule has 2 aliphatic carbocycles. The molecule has 1 aromatic heterocycles. The largest absolute Gasteiger partial charge is 0.497 e. The van der Waals surface area contributed by atoms with Gasteiger partial charge in [0, 0.05) is 23.8 Å². The normalized spacial score (nSPS) is 29.4. The number of sulfonamides is 1. The van der Waals surface area contributed by atoms with Crippen molar-refractivity contribution < 1.29 is 46.5 Å². The first-order valence-corrected chi connectivity index (χ1v) is 21.4. The molecule has 3 fully saturated rings. The van der Waals surface area contributed by atoms with Crippen molar-refractivity contribution in [1.82, 2.24) is 25.2 Å². The minimum Gasteiger partial charge on any atom is -0.497 e. The number of hydrogen-bond donors (Lipinski definition) is 3. The van der Waals surface area contributed by atoms with E-state index < -0.39 is 73.8 Å². The lowest BCUT2D eigenvalue weighted by molar-refractivity contribution is -0.142. The van der Waals surface area contributed by atoms with Crippen LogP contribution in [0.15, 0.2) is 36.4 Å². The van der Waals surface area contributed by atoms with Crippen LogP contribution in [0.4, 0.5) is 4.79 Å². The van der Waals surface area contributed by atoms with E-state index in [1.807, 2.05) is 32.1 Å². The summed E-state index contributed by atoms with van der Waals surface area (Å²) in [6.45, 7) is 12.9. The summed E-state index contributed by atoms with van der Waals surface area (Å²) >= 11 is 0. The molecule has 1 saturated heterocycles. The molecule has 2 aromatic rings. The van der Waals surface area contributed by atoms with Crippen LogP contribution in [0.5, 0.6) is 17.5 Å². The first-order chi connectivity index (χ1) is 26.8. The highest BCUT2D eigenvalue weighted by Crippen LogP contribution is 2.47. The smallest absolute Gasteiger partial charge is 0.408 e. The second kappa shape index (κ2) is 16.0. The molecule has 312 valence electrons. The fraction of sp³-hybridized carbons (Fsp3) is 0.634. The van der Waals surface area contributed by atoms with Crippen LogP contribution in [0.1, 0.15) is 93.4 Å². The lowest BCUT2D eigenvalue weighted by atomic mass is 9.88. The molecule has 15 nitrogen and oxygen atoms in total. The SMILES string of the molecule is CCOc1cc2cc(OC)ccc2c(O[C@@H]2C[C@H]3C(=O)N[C@]4(C(=O)NS(=O)(=O)C5(C)CC5)C[C@H]4/C=C\CC[C@H](C)C[C@@H](C)[C@H](NC(=O)OC(C)(C)C)C(=O)N3C2)n1. The summed E-state index contributed by atoms with van der Waals surface area (Å²) in [5.41, 5.74) is -2.38. The third kappa shape index (κ3) is 9.26. The van der Waals surface area contributed by atoms with Crippen LogP contribution in [0, 0.1) is 17.8 Å². The predicted octanol–water partition coefficient (Wildman–Crippen LogP) is 4.77. The number of aromatic nitrogens is 1. The number of carbonyl (C=O) groups is 4. The topological polar surface area (TPSA) is 192 Å². The molecule has 2 saturated carbocycles. The van der Waals surface area contributed by atoms with E-state index in [0.29, 0.717) is 49.3 Å². The summed E-state index contributed by atoms with van der Waals surface area (Å²) in [6.07, 6.45) is 5.36. The molecule has 6 rings (SSSR count). The number of fused-ring (bicyclic) bond motifs is 3. The van der Waals surface area contributed by atoms with Gasteiger partial charge in [-0.25, -0.2) is 13.2 Å². The monoisotopic (exact) mass is 811 g/mol. The van der Waals surface area contributed by atoms with Crippen molar-refractivity contribution >= 4 is 44.6 Å². The summed E-state index contributed by atoms with van der Waals surface area (Å²) in [6, 6.07) is 4.95. The van der Waals surface area contributed by atoms with E-state index >= 15 is 0 Å². The van der Waals surface area contributed by atoms with E-state index in [0.717, 1.165) is 11.8 Å². The van der Waals surface area contributed by atoms with Crippen LogP contribution in [0.25, 0.3) is 10.8 Å². The number of pyridine rings is 1. The molecule has 2 aliphatic heterocycles.